The zero-order valence-electron chi connectivity index (χ0n) is 14.8. The Balaban J connectivity index is 1.66. The molecule has 154 valence electrons. The van der Waals surface area contributed by atoms with Gasteiger partial charge in [0.15, 0.2) is 5.65 Å². The van der Waals surface area contributed by atoms with Gasteiger partial charge in [-0.25, -0.2) is 9.97 Å². The summed E-state index contributed by atoms with van der Waals surface area (Å²) in [5, 5.41) is 2.85. The molecule has 0 aliphatic carbocycles. The molecular weight excluding hydrogens is 412 g/mol. The number of nitrogens with one attached hydrogen (secondary N) is 1. The van der Waals surface area contributed by atoms with Crippen molar-refractivity contribution in [2.24, 2.45) is 0 Å². The van der Waals surface area contributed by atoms with Gasteiger partial charge < -0.3 is 5.32 Å². The Labute approximate surface area is 165 Å². The third-order valence-electron chi connectivity index (χ3n) is 4.22. The SMILES string of the molecule is FC(F)(F)c1ccc(Nc2ncc3nc(-c4ncccc4C(F)(F)F)ccn23)cc1. The molecule has 0 saturated heterocycles. The first-order chi connectivity index (χ1) is 14.1. The van der Waals surface area contributed by atoms with Crippen molar-refractivity contribution in [1.29, 1.82) is 0 Å². The van der Waals surface area contributed by atoms with Gasteiger partial charge >= 0.3 is 12.4 Å². The second kappa shape index (κ2) is 7.01. The van der Waals surface area contributed by atoms with E-state index in [0.29, 0.717) is 5.69 Å². The highest BCUT2D eigenvalue weighted by Crippen LogP contribution is 2.35. The molecule has 1 N–H and O–H groups in total. The molecule has 0 radical (unpaired) electrons. The third-order valence-corrected chi connectivity index (χ3v) is 4.22. The minimum Gasteiger partial charge on any atom is -0.325 e. The molecule has 3 aromatic heterocycles. The highest BCUT2D eigenvalue weighted by atomic mass is 19.4. The number of halogens is 6. The largest absolute Gasteiger partial charge is 0.418 e. The van der Waals surface area contributed by atoms with Crippen LogP contribution in [0.1, 0.15) is 11.1 Å². The summed E-state index contributed by atoms with van der Waals surface area (Å²) in [7, 11) is 0. The number of hydrogen-bond acceptors (Lipinski definition) is 4. The standard InChI is InChI=1S/C19H11F6N5/c20-18(21,22)11-3-5-12(6-4-11)28-17-27-10-15-29-14(7-9-30(15)17)16-13(19(23,24)25)2-1-8-26-16/h1-10H,(H,27,28). The van der Waals surface area contributed by atoms with Crippen molar-refractivity contribution in [3.05, 3.63) is 72.2 Å². The Morgan fingerprint density at radius 3 is 2.23 bits per heavy atom. The fourth-order valence-corrected chi connectivity index (χ4v) is 2.82. The molecule has 0 saturated carbocycles. The van der Waals surface area contributed by atoms with Crippen LogP contribution in [0.5, 0.6) is 0 Å². The van der Waals surface area contributed by atoms with Gasteiger partial charge in [-0.15, -0.1) is 0 Å². The van der Waals surface area contributed by atoms with Crippen molar-refractivity contribution in [2.75, 3.05) is 5.32 Å². The summed E-state index contributed by atoms with van der Waals surface area (Å²) < 4.78 is 79.1. The Kier molecular flexibility index (Phi) is 4.60. The quantitative estimate of drug-likeness (QED) is 0.438. The van der Waals surface area contributed by atoms with Crippen LogP contribution >= 0.6 is 0 Å². The number of nitrogens with zero attached hydrogens (tertiary/aromatic N) is 4. The van der Waals surface area contributed by atoms with Crippen LogP contribution in [0.25, 0.3) is 17.0 Å². The molecule has 0 atom stereocenters. The number of imidazole rings is 1. The summed E-state index contributed by atoms with van der Waals surface area (Å²) in [6, 6.07) is 7.80. The van der Waals surface area contributed by atoms with Crippen molar-refractivity contribution < 1.29 is 26.3 Å². The predicted octanol–water partition coefficient (Wildman–Crippen LogP) is 5.57. The number of anilines is 2. The van der Waals surface area contributed by atoms with Crippen molar-refractivity contribution in [1.82, 2.24) is 19.4 Å². The van der Waals surface area contributed by atoms with Crippen LogP contribution < -0.4 is 5.32 Å². The fraction of sp³-hybridized carbons (Fsp3) is 0.105. The van der Waals surface area contributed by atoms with Gasteiger partial charge in [-0.2, -0.15) is 26.3 Å². The van der Waals surface area contributed by atoms with Crippen molar-refractivity contribution >= 4 is 17.3 Å². The third kappa shape index (κ3) is 3.78. The van der Waals surface area contributed by atoms with Crippen LogP contribution in [0, 0.1) is 0 Å². The maximum atomic E-state index is 13.2. The normalized spacial score (nSPS) is 12.3. The molecule has 0 aliphatic rings. The number of rotatable bonds is 3. The lowest BCUT2D eigenvalue weighted by Crippen LogP contribution is -2.09. The molecule has 5 nitrogen and oxygen atoms in total. The van der Waals surface area contributed by atoms with Gasteiger partial charge in [-0.1, -0.05) is 0 Å². The second-order valence-electron chi connectivity index (χ2n) is 6.22. The predicted molar refractivity (Wildman–Crippen MR) is 95.9 cm³/mol. The highest BCUT2D eigenvalue weighted by Gasteiger charge is 2.34. The van der Waals surface area contributed by atoms with Crippen LogP contribution in [-0.4, -0.2) is 19.4 Å². The summed E-state index contributed by atoms with van der Waals surface area (Å²) in [5.74, 6) is 0.237. The van der Waals surface area contributed by atoms with E-state index in [4.69, 9.17) is 0 Å². The molecule has 30 heavy (non-hydrogen) atoms. The summed E-state index contributed by atoms with van der Waals surface area (Å²) in [6.45, 7) is 0. The van der Waals surface area contributed by atoms with Gasteiger partial charge in [0.2, 0.25) is 5.95 Å². The first-order valence-electron chi connectivity index (χ1n) is 8.44. The smallest absolute Gasteiger partial charge is 0.325 e. The number of hydrogen-bond donors (Lipinski definition) is 1. The Morgan fingerprint density at radius 2 is 1.57 bits per heavy atom. The van der Waals surface area contributed by atoms with E-state index in [9.17, 15) is 26.3 Å². The van der Waals surface area contributed by atoms with Crippen LogP contribution in [-0.2, 0) is 12.4 Å². The van der Waals surface area contributed by atoms with Crippen LogP contribution in [0.15, 0.2) is 61.1 Å². The van der Waals surface area contributed by atoms with E-state index in [-0.39, 0.29) is 23.0 Å². The Bertz CT molecular complexity index is 1190. The minimum absolute atomic E-state index is 0.0106. The molecule has 0 unspecified atom stereocenters. The maximum Gasteiger partial charge on any atom is 0.418 e. The molecule has 0 amide bonds. The van der Waals surface area contributed by atoms with E-state index in [1.807, 2.05) is 0 Å². The number of fused-ring (bicyclic) bond motifs is 1. The number of aromatic nitrogens is 4. The Morgan fingerprint density at radius 1 is 0.833 bits per heavy atom. The van der Waals surface area contributed by atoms with E-state index in [0.717, 1.165) is 18.2 Å². The zero-order chi connectivity index (χ0) is 21.5. The molecule has 4 aromatic rings. The molecule has 0 spiro atoms. The molecule has 11 heteroatoms. The second-order valence-corrected chi connectivity index (χ2v) is 6.22. The van der Waals surface area contributed by atoms with E-state index in [1.54, 1.807) is 0 Å². The van der Waals surface area contributed by atoms with Crippen molar-refractivity contribution in [2.45, 2.75) is 12.4 Å². The topological polar surface area (TPSA) is 55.1 Å². The van der Waals surface area contributed by atoms with Gasteiger partial charge in [0, 0.05) is 18.1 Å². The number of alkyl halides is 6. The summed E-state index contributed by atoms with van der Waals surface area (Å²) in [4.78, 5) is 12.1. The van der Waals surface area contributed by atoms with E-state index >= 15 is 0 Å². The lowest BCUT2D eigenvalue weighted by atomic mass is 10.1. The molecule has 0 aliphatic heterocycles. The summed E-state index contributed by atoms with van der Waals surface area (Å²) in [5.41, 5.74) is -1.42. The van der Waals surface area contributed by atoms with Crippen molar-refractivity contribution in [3.8, 4) is 11.4 Å². The summed E-state index contributed by atoms with van der Waals surface area (Å²) >= 11 is 0. The van der Waals surface area contributed by atoms with Crippen molar-refractivity contribution in [3.63, 3.8) is 0 Å². The molecule has 0 bridgehead atoms. The van der Waals surface area contributed by atoms with Crippen LogP contribution in [0.4, 0.5) is 38.0 Å². The molecule has 1 aromatic carbocycles. The summed E-state index contributed by atoms with van der Waals surface area (Å²) in [6.07, 6.45) is -5.02. The fourth-order valence-electron chi connectivity index (χ4n) is 2.82. The average molecular weight is 423 g/mol. The lowest BCUT2D eigenvalue weighted by molar-refractivity contribution is -0.138. The van der Waals surface area contributed by atoms with Gasteiger partial charge in [0.25, 0.3) is 0 Å². The zero-order valence-corrected chi connectivity index (χ0v) is 14.8. The molecular formula is C19H11F6N5. The maximum absolute atomic E-state index is 13.2. The first-order valence-corrected chi connectivity index (χ1v) is 8.44. The van der Waals surface area contributed by atoms with Gasteiger partial charge in [-0.05, 0) is 42.5 Å². The molecule has 3 heterocycles. The highest BCUT2D eigenvalue weighted by molar-refractivity contribution is 5.64. The molecule has 0 fully saturated rings. The van der Waals surface area contributed by atoms with E-state index in [1.165, 1.54) is 47.3 Å². The van der Waals surface area contributed by atoms with E-state index in [2.05, 4.69) is 20.3 Å². The average Bonchev–Trinajstić information content (AvgIpc) is 3.09. The molecule has 4 rings (SSSR count). The van der Waals surface area contributed by atoms with E-state index < -0.39 is 23.5 Å². The Hall–Kier alpha value is -3.63. The van der Waals surface area contributed by atoms with Gasteiger partial charge in [0.05, 0.1) is 23.0 Å². The van der Waals surface area contributed by atoms with Crippen LogP contribution in [0.2, 0.25) is 0 Å². The van der Waals surface area contributed by atoms with Crippen LogP contribution in [0.3, 0.4) is 0 Å². The van der Waals surface area contributed by atoms with Gasteiger partial charge in [0.1, 0.15) is 5.69 Å². The monoisotopic (exact) mass is 423 g/mol. The first kappa shape index (κ1) is 19.7. The number of benzene rings is 1. The number of pyridine rings is 1. The van der Waals surface area contributed by atoms with Gasteiger partial charge in [-0.3, -0.25) is 9.38 Å². The minimum atomic E-state index is -4.59. The lowest BCUT2D eigenvalue weighted by Gasteiger charge is -2.11.